The summed E-state index contributed by atoms with van der Waals surface area (Å²) in [6.07, 6.45) is 0. The van der Waals surface area contributed by atoms with Crippen LogP contribution in [0.3, 0.4) is 0 Å². The van der Waals surface area contributed by atoms with Crippen LogP contribution in [0, 0.1) is 13.8 Å². The first kappa shape index (κ1) is 19.2. The van der Waals surface area contributed by atoms with Crippen LogP contribution in [0.5, 0.6) is 0 Å². The van der Waals surface area contributed by atoms with Crippen molar-refractivity contribution in [3.05, 3.63) is 64.7 Å². The quantitative estimate of drug-likeness (QED) is 0.834. The van der Waals surface area contributed by atoms with Crippen LogP contribution in [0.2, 0.25) is 0 Å². The maximum Gasteiger partial charge on any atom is 0.217 e. The van der Waals surface area contributed by atoms with Gasteiger partial charge in [-0.1, -0.05) is 48.2 Å². The van der Waals surface area contributed by atoms with E-state index in [0.29, 0.717) is 0 Å². The fourth-order valence-electron chi connectivity index (χ4n) is 2.84. The number of benzene rings is 2. The van der Waals surface area contributed by atoms with E-state index in [0.717, 1.165) is 33.4 Å². The Morgan fingerprint density at radius 1 is 1.22 bits per heavy atom. The molecule has 1 heterocycles. The third kappa shape index (κ3) is 4.77. The van der Waals surface area contributed by atoms with Gasteiger partial charge in [0.1, 0.15) is 0 Å². The van der Waals surface area contributed by atoms with Gasteiger partial charge in [0.2, 0.25) is 5.91 Å². The maximum absolute atomic E-state index is 11.2. The molecule has 0 spiro atoms. The molecule has 2 aromatic carbocycles. The minimum atomic E-state index is -0.0282. The second kappa shape index (κ2) is 8.39. The lowest BCUT2D eigenvalue weighted by Crippen LogP contribution is -2.25. The number of nitrogens with zero attached hydrogens (tertiary/aromatic N) is 2. The Morgan fingerprint density at radius 2 is 1.96 bits per heavy atom. The number of hydrogen-bond donors (Lipinski definition) is 2. The summed E-state index contributed by atoms with van der Waals surface area (Å²) < 4.78 is 0. The predicted octanol–water partition coefficient (Wildman–Crippen LogP) is 4.23. The summed E-state index contributed by atoms with van der Waals surface area (Å²) in [5.74, 6) is 0.733. The summed E-state index contributed by atoms with van der Waals surface area (Å²) in [6, 6.07) is 14.3. The van der Waals surface area contributed by atoms with Crippen molar-refractivity contribution in [3.63, 3.8) is 0 Å². The summed E-state index contributed by atoms with van der Waals surface area (Å²) >= 11 is 1.65. The van der Waals surface area contributed by atoms with E-state index in [4.69, 9.17) is 4.99 Å². The Hall–Kier alpha value is -2.60. The average molecular weight is 381 g/mol. The minimum Gasteiger partial charge on any atom is -0.350 e. The van der Waals surface area contributed by atoms with Crippen molar-refractivity contribution in [1.29, 1.82) is 0 Å². The van der Waals surface area contributed by atoms with Gasteiger partial charge in [-0.2, -0.15) is 5.10 Å². The number of rotatable bonds is 4. The van der Waals surface area contributed by atoms with Gasteiger partial charge in [0.25, 0.3) is 0 Å². The SMILES string of the molecule is CC(=O)N[C@@H](C)c1ccc(C2=NNC(=Nc3cccc(C)c3C)SC2)cc1. The number of thioether (sulfide) groups is 1. The molecule has 0 fully saturated rings. The second-order valence-electron chi connectivity index (χ2n) is 6.64. The highest BCUT2D eigenvalue weighted by molar-refractivity contribution is 8.14. The molecule has 3 rings (SSSR count). The van der Waals surface area contributed by atoms with Gasteiger partial charge in [0.05, 0.1) is 17.4 Å². The number of hydrogen-bond acceptors (Lipinski definition) is 4. The number of aliphatic imine (C=N–C) groups is 1. The van der Waals surface area contributed by atoms with Crippen LogP contribution in [0.4, 0.5) is 5.69 Å². The Labute approximate surface area is 164 Å². The van der Waals surface area contributed by atoms with Gasteiger partial charge in [-0.05, 0) is 49.1 Å². The summed E-state index contributed by atoms with van der Waals surface area (Å²) in [7, 11) is 0. The third-order valence-electron chi connectivity index (χ3n) is 4.59. The van der Waals surface area contributed by atoms with Crippen molar-refractivity contribution >= 4 is 34.2 Å². The second-order valence-corrected chi connectivity index (χ2v) is 7.60. The first-order valence-corrected chi connectivity index (χ1v) is 9.90. The van der Waals surface area contributed by atoms with Crippen molar-refractivity contribution in [1.82, 2.24) is 10.7 Å². The van der Waals surface area contributed by atoms with Crippen molar-refractivity contribution in [2.24, 2.45) is 10.1 Å². The Morgan fingerprint density at radius 3 is 2.59 bits per heavy atom. The maximum atomic E-state index is 11.2. The molecule has 0 bridgehead atoms. The van der Waals surface area contributed by atoms with E-state index >= 15 is 0 Å². The number of carbonyl (C=O) groups is 1. The Balaban J connectivity index is 1.71. The molecule has 0 aliphatic carbocycles. The lowest BCUT2D eigenvalue weighted by molar-refractivity contribution is -0.119. The van der Waals surface area contributed by atoms with Gasteiger partial charge >= 0.3 is 0 Å². The largest absolute Gasteiger partial charge is 0.350 e. The third-order valence-corrected chi connectivity index (χ3v) is 5.47. The standard InChI is InChI=1S/C21H24N4OS/c1-13-6-5-7-19(14(13)2)23-21-25-24-20(12-27-21)18-10-8-17(9-11-18)15(3)22-16(4)26/h5-11,15H,12H2,1-4H3,(H,22,26)(H,23,25)/t15-/m0/s1. The van der Waals surface area contributed by atoms with Gasteiger partial charge in [-0.3, -0.25) is 10.2 Å². The average Bonchev–Trinajstić information content (AvgIpc) is 2.66. The molecule has 5 nitrogen and oxygen atoms in total. The van der Waals surface area contributed by atoms with Crippen molar-refractivity contribution < 1.29 is 4.79 Å². The van der Waals surface area contributed by atoms with E-state index in [9.17, 15) is 4.79 Å². The first-order valence-electron chi connectivity index (χ1n) is 8.91. The number of nitrogens with one attached hydrogen (secondary N) is 2. The summed E-state index contributed by atoms with van der Waals surface area (Å²) in [5, 5.41) is 8.20. The van der Waals surface area contributed by atoms with Gasteiger partial charge < -0.3 is 5.32 Å². The van der Waals surface area contributed by atoms with E-state index in [2.05, 4.69) is 35.8 Å². The fourth-order valence-corrected chi connectivity index (χ4v) is 3.62. The molecule has 1 atom stereocenters. The fraction of sp³-hybridized carbons (Fsp3) is 0.286. The van der Waals surface area contributed by atoms with Crippen molar-refractivity contribution in [2.45, 2.75) is 33.7 Å². The molecule has 2 N–H and O–H groups in total. The molecule has 27 heavy (non-hydrogen) atoms. The lowest BCUT2D eigenvalue weighted by Gasteiger charge is -2.17. The van der Waals surface area contributed by atoms with E-state index in [1.807, 2.05) is 43.3 Å². The highest BCUT2D eigenvalue weighted by Crippen LogP contribution is 2.24. The predicted molar refractivity (Wildman–Crippen MR) is 114 cm³/mol. The van der Waals surface area contributed by atoms with E-state index < -0.39 is 0 Å². The van der Waals surface area contributed by atoms with Crippen LogP contribution in [-0.2, 0) is 4.79 Å². The molecule has 0 radical (unpaired) electrons. The molecule has 140 valence electrons. The summed E-state index contributed by atoms with van der Waals surface area (Å²) in [5.41, 5.74) is 9.59. The van der Waals surface area contributed by atoms with E-state index in [-0.39, 0.29) is 11.9 Å². The molecular weight excluding hydrogens is 356 g/mol. The molecule has 0 saturated carbocycles. The molecule has 6 heteroatoms. The van der Waals surface area contributed by atoms with E-state index in [1.165, 1.54) is 18.1 Å². The van der Waals surface area contributed by atoms with Crippen LogP contribution in [0.15, 0.2) is 52.6 Å². The normalized spacial score (nSPS) is 16.4. The number of carbonyl (C=O) groups excluding carboxylic acids is 1. The van der Waals surface area contributed by atoms with Crippen molar-refractivity contribution in [3.8, 4) is 0 Å². The molecule has 1 amide bonds. The zero-order chi connectivity index (χ0) is 19.4. The first-order chi connectivity index (χ1) is 12.9. The molecule has 0 unspecified atom stereocenters. The number of amidine groups is 1. The zero-order valence-electron chi connectivity index (χ0n) is 16.0. The zero-order valence-corrected chi connectivity index (χ0v) is 16.9. The minimum absolute atomic E-state index is 0.00588. The highest BCUT2D eigenvalue weighted by atomic mass is 32.2. The number of amides is 1. The Kier molecular flexibility index (Phi) is 5.96. The molecule has 2 aromatic rings. The van der Waals surface area contributed by atoms with Crippen LogP contribution in [0.25, 0.3) is 0 Å². The molecule has 1 aliphatic heterocycles. The van der Waals surface area contributed by atoms with Gasteiger partial charge in [-0.15, -0.1) is 0 Å². The van der Waals surface area contributed by atoms with Gasteiger partial charge in [0, 0.05) is 12.7 Å². The van der Waals surface area contributed by atoms with Gasteiger partial charge in [0.15, 0.2) is 5.17 Å². The summed E-state index contributed by atoms with van der Waals surface area (Å²) in [4.78, 5) is 15.9. The summed E-state index contributed by atoms with van der Waals surface area (Å²) in [6.45, 7) is 7.68. The highest BCUT2D eigenvalue weighted by Gasteiger charge is 2.14. The Bertz CT molecular complexity index is 903. The lowest BCUT2D eigenvalue weighted by atomic mass is 10.0. The smallest absolute Gasteiger partial charge is 0.217 e. The van der Waals surface area contributed by atoms with Crippen LogP contribution in [0.1, 0.15) is 42.1 Å². The molecular formula is C21H24N4OS. The molecule has 0 aromatic heterocycles. The van der Waals surface area contributed by atoms with Crippen LogP contribution < -0.4 is 10.7 Å². The van der Waals surface area contributed by atoms with Gasteiger partial charge in [-0.25, -0.2) is 4.99 Å². The van der Waals surface area contributed by atoms with Crippen molar-refractivity contribution in [2.75, 3.05) is 5.75 Å². The molecule has 0 saturated heterocycles. The van der Waals surface area contributed by atoms with Crippen LogP contribution >= 0.6 is 11.8 Å². The topological polar surface area (TPSA) is 65.8 Å². The van der Waals surface area contributed by atoms with Crippen LogP contribution in [-0.4, -0.2) is 22.5 Å². The van der Waals surface area contributed by atoms with E-state index in [1.54, 1.807) is 11.8 Å². The number of hydrazone groups is 1. The molecule has 1 aliphatic rings. The monoisotopic (exact) mass is 380 g/mol. The number of aryl methyl sites for hydroxylation is 1.